The van der Waals surface area contributed by atoms with Crippen LogP contribution in [0.15, 0.2) is 24.3 Å². The molecule has 0 fully saturated rings. The summed E-state index contributed by atoms with van der Waals surface area (Å²) in [4.78, 5) is 0. The Balaban J connectivity index is 0.000000490. The largest absolute Gasteiger partial charge is 0.181 e. The van der Waals surface area contributed by atoms with Crippen molar-refractivity contribution < 1.29 is 32.7 Å². The van der Waals surface area contributed by atoms with E-state index < -0.39 is 0 Å². The van der Waals surface area contributed by atoms with E-state index in [1.807, 2.05) is 31.2 Å². The first-order valence-electron chi connectivity index (χ1n) is 2.33. The molecule has 0 bridgehead atoms. The average Bonchev–Trinajstić information content (AvgIpc) is 1.69. The van der Waals surface area contributed by atoms with Gasteiger partial charge in [-0.15, -0.1) is 0 Å². The van der Waals surface area contributed by atoms with Crippen LogP contribution in [0, 0.1) is 13.0 Å². The van der Waals surface area contributed by atoms with Crippen LogP contribution in [-0.4, -0.2) is 0 Å². The fourth-order valence-corrected chi connectivity index (χ4v) is 0.483. The van der Waals surface area contributed by atoms with Gasteiger partial charge in [-0.1, -0.05) is 6.92 Å². The van der Waals surface area contributed by atoms with Gasteiger partial charge in [0.1, 0.15) is 0 Å². The molecule has 0 N–H and O–H groups in total. The second kappa shape index (κ2) is 4.23. The van der Waals surface area contributed by atoms with E-state index in [0.717, 1.165) is 0 Å². The van der Waals surface area contributed by atoms with Crippen molar-refractivity contribution >= 4 is 0 Å². The number of hydrogen-bond donors (Lipinski definition) is 0. The Morgan fingerprint density at radius 3 is 2.38 bits per heavy atom. The Morgan fingerprint density at radius 1 is 1.38 bits per heavy atom. The van der Waals surface area contributed by atoms with Gasteiger partial charge in [0.05, 0.1) is 0 Å². The van der Waals surface area contributed by atoms with E-state index in [1.54, 1.807) is 0 Å². The van der Waals surface area contributed by atoms with Crippen LogP contribution >= 0.6 is 0 Å². The van der Waals surface area contributed by atoms with Gasteiger partial charge in [-0.3, -0.25) is 0 Å². The van der Waals surface area contributed by atoms with Crippen LogP contribution in [0.1, 0.15) is 5.56 Å². The van der Waals surface area contributed by atoms with Gasteiger partial charge >= 0.3 is 0 Å². The number of rotatable bonds is 0. The minimum absolute atomic E-state index is 0. The van der Waals surface area contributed by atoms with Crippen LogP contribution in [0.25, 0.3) is 0 Å². The molecule has 8 heavy (non-hydrogen) atoms. The first kappa shape index (κ1) is 8.32. The zero-order chi connectivity index (χ0) is 5.11. The molecule has 0 saturated heterocycles. The van der Waals surface area contributed by atoms with Gasteiger partial charge in [-0.25, -0.2) is 0 Å². The molecule has 0 amide bonds. The van der Waals surface area contributed by atoms with Gasteiger partial charge in [0, 0.05) is 32.7 Å². The minimum atomic E-state index is 0. The van der Waals surface area contributed by atoms with Crippen LogP contribution < -0.4 is 0 Å². The van der Waals surface area contributed by atoms with Gasteiger partial charge in [0.2, 0.25) is 0 Å². The summed E-state index contributed by atoms with van der Waals surface area (Å²) in [5.41, 5.74) is 1.20. The van der Waals surface area contributed by atoms with Crippen LogP contribution in [-0.2, 0) is 32.7 Å². The zero-order valence-electron chi connectivity index (χ0n) is 4.89. The Hall–Kier alpha value is 0.324. The summed E-state index contributed by atoms with van der Waals surface area (Å²) >= 11 is 0. The maximum absolute atomic E-state index is 3.03. The summed E-state index contributed by atoms with van der Waals surface area (Å²) in [5.74, 6) is 0. The van der Waals surface area contributed by atoms with Crippen LogP contribution in [0.4, 0.5) is 0 Å². The van der Waals surface area contributed by atoms with Crippen molar-refractivity contribution in [2.45, 2.75) is 6.92 Å². The van der Waals surface area contributed by atoms with E-state index in [2.05, 4.69) is 6.07 Å². The van der Waals surface area contributed by atoms with Crippen molar-refractivity contribution in [3.05, 3.63) is 35.9 Å². The molecule has 0 aliphatic carbocycles. The van der Waals surface area contributed by atoms with Crippen LogP contribution in [0.2, 0.25) is 0 Å². The van der Waals surface area contributed by atoms with Crippen molar-refractivity contribution in [1.29, 1.82) is 0 Å². The molecular weight excluding hydrogens is 173 g/mol. The van der Waals surface area contributed by atoms with Crippen LogP contribution in [0.5, 0.6) is 0 Å². The fourth-order valence-electron chi connectivity index (χ4n) is 0.483. The summed E-state index contributed by atoms with van der Waals surface area (Å²) in [6, 6.07) is 10.9. The summed E-state index contributed by atoms with van der Waals surface area (Å²) in [6.07, 6.45) is 0. The molecule has 1 rings (SSSR count). The molecule has 1 aromatic carbocycles. The van der Waals surface area contributed by atoms with Gasteiger partial charge < -0.3 is 0 Å². The van der Waals surface area contributed by atoms with Gasteiger partial charge in [-0.05, 0) is 0 Å². The normalized spacial score (nSPS) is 7.62. The smallest absolute Gasteiger partial charge is 0 e. The number of benzene rings is 1. The van der Waals surface area contributed by atoms with Crippen molar-refractivity contribution in [2.75, 3.05) is 0 Å². The molecular formula is C7H7Y-. The topological polar surface area (TPSA) is 0 Å². The molecule has 0 atom stereocenters. The summed E-state index contributed by atoms with van der Waals surface area (Å²) in [7, 11) is 0. The SMILES string of the molecule is Cc1[c-]cccc1.[Y]. The molecule has 0 unspecified atom stereocenters. The number of aryl methyl sites for hydroxylation is 1. The third kappa shape index (κ3) is 2.59. The Labute approximate surface area is 75.2 Å². The third-order valence-corrected chi connectivity index (χ3v) is 0.865. The molecule has 0 aliphatic heterocycles. The zero-order valence-corrected chi connectivity index (χ0v) is 7.73. The predicted octanol–water partition coefficient (Wildman–Crippen LogP) is 1.79. The van der Waals surface area contributed by atoms with Gasteiger partial charge in [0.25, 0.3) is 0 Å². The Kier molecular flexibility index (Phi) is 4.40. The Morgan fingerprint density at radius 2 is 2.12 bits per heavy atom. The molecule has 1 heteroatoms. The molecule has 1 radical (unpaired) electrons. The van der Waals surface area contributed by atoms with E-state index >= 15 is 0 Å². The average molecular weight is 180 g/mol. The molecule has 1 aromatic rings. The minimum Gasteiger partial charge on any atom is -0.181 e. The van der Waals surface area contributed by atoms with Gasteiger partial charge in [0.15, 0.2) is 0 Å². The molecule has 39 valence electrons. The monoisotopic (exact) mass is 180 g/mol. The van der Waals surface area contributed by atoms with Gasteiger partial charge in [-0.2, -0.15) is 35.9 Å². The second-order valence-corrected chi connectivity index (χ2v) is 1.55. The summed E-state index contributed by atoms with van der Waals surface area (Å²) in [5, 5.41) is 0. The van der Waals surface area contributed by atoms with Crippen molar-refractivity contribution in [2.24, 2.45) is 0 Å². The Bertz CT molecular complexity index is 134. The van der Waals surface area contributed by atoms with E-state index in [9.17, 15) is 0 Å². The molecule has 0 aliphatic rings. The third-order valence-electron chi connectivity index (χ3n) is 0.865. The van der Waals surface area contributed by atoms with E-state index in [1.165, 1.54) is 5.56 Å². The summed E-state index contributed by atoms with van der Waals surface area (Å²) in [6.45, 7) is 2.03. The molecule has 0 aromatic heterocycles. The molecule has 0 spiro atoms. The standard InChI is InChI=1S/C7H7.Y/c1-7-5-3-2-4-6-7;/h2-5H,1H3;/q-1;. The quantitative estimate of drug-likeness (QED) is 0.534. The first-order valence-corrected chi connectivity index (χ1v) is 2.33. The van der Waals surface area contributed by atoms with E-state index in [4.69, 9.17) is 0 Å². The molecule has 0 saturated carbocycles. The first-order chi connectivity index (χ1) is 3.39. The molecule has 0 heterocycles. The van der Waals surface area contributed by atoms with E-state index in [0.29, 0.717) is 0 Å². The fraction of sp³-hybridized carbons (Fsp3) is 0.143. The van der Waals surface area contributed by atoms with E-state index in [-0.39, 0.29) is 32.7 Å². The predicted molar refractivity (Wildman–Crippen MR) is 30.0 cm³/mol. The second-order valence-electron chi connectivity index (χ2n) is 1.55. The maximum atomic E-state index is 3.03. The van der Waals surface area contributed by atoms with Crippen LogP contribution in [0.3, 0.4) is 0 Å². The number of hydrogen-bond acceptors (Lipinski definition) is 0. The summed E-state index contributed by atoms with van der Waals surface area (Å²) < 4.78 is 0. The molecule has 0 nitrogen and oxygen atoms in total. The van der Waals surface area contributed by atoms with Crippen molar-refractivity contribution in [1.82, 2.24) is 0 Å². The van der Waals surface area contributed by atoms with Crippen molar-refractivity contribution in [3.63, 3.8) is 0 Å². The van der Waals surface area contributed by atoms with Crippen molar-refractivity contribution in [3.8, 4) is 0 Å². The maximum Gasteiger partial charge on any atom is 0 e.